The molecular formula is C46H64N2Si2. The zero-order chi connectivity index (χ0) is 36.6. The largest absolute Gasteiger partial charge is 0.355 e. The summed E-state index contributed by atoms with van der Waals surface area (Å²) in [5.74, 6) is 0. The number of fused-ring (bicyclic) bond motifs is 2. The van der Waals surface area contributed by atoms with Crippen molar-refractivity contribution in [1.29, 1.82) is 0 Å². The van der Waals surface area contributed by atoms with Crippen LogP contribution >= 0.6 is 0 Å². The summed E-state index contributed by atoms with van der Waals surface area (Å²) in [5, 5.41) is 16.2. The number of unbranched alkanes of at least 4 members (excludes halogenated alkanes) is 3. The van der Waals surface area contributed by atoms with Crippen LogP contribution < -0.4 is 21.0 Å². The van der Waals surface area contributed by atoms with Crippen molar-refractivity contribution >= 4 is 70.8 Å². The number of hydrogen-bond acceptors (Lipinski definition) is 2. The quantitative estimate of drug-likeness (QED) is 0.0620. The van der Waals surface area contributed by atoms with Gasteiger partial charge in [-0.1, -0.05) is 166 Å². The first-order valence-corrected chi connectivity index (χ1v) is 26.1. The van der Waals surface area contributed by atoms with E-state index in [2.05, 4.69) is 177 Å². The smallest absolute Gasteiger partial charge is 0.0776 e. The Morgan fingerprint density at radius 2 is 0.980 bits per heavy atom. The summed E-state index contributed by atoms with van der Waals surface area (Å²) in [6.07, 6.45) is 6.18. The maximum Gasteiger partial charge on any atom is 0.0776 e. The van der Waals surface area contributed by atoms with Crippen LogP contribution in [0.15, 0.2) is 78.9 Å². The third kappa shape index (κ3) is 8.74. The molecule has 50 heavy (non-hydrogen) atoms. The van der Waals surface area contributed by atoms with Gasteiger partial charge in [0.05, 0.1) is 27.5 Å². The monoisotopic (exact) mass is 700 g/mol. The van der Waals surface area contributed by atoms with E-state index in [1.807, 2.05) is 0 Å². The molecule has 5 rings (SSSR count). The van der Waals surface area contributed by atoms with Gasteiger partial charge in [-0.25, -0.2) is 0 Å². The average Bonchev–Trinajstić information content (AvgIpc) is 3.02. The third-order valence-electron chi connectivity index (χ3n) is 10.3. The highest BCUT2D eigenvalue weighted by molar-refractivity contribution is 6.91. The van der Waals surface area contributed by atoms with Gasteiger partial charge >= 0.3 is 0 Å². The van der Waals surface area contributed by atoms with Gasteiger partial charge in [0, 0.05) is 32.9 Å². The molecule has 0 spiro atoms. The van der Waals surface area contributed by atoms with Crippen LogP contribution in [0.5, 0.6) is 0 Å². The van der Waals surface area contributed by atoms with Crippen molar-refractivity contribution in [2.24, 2.45) is 0 Å². The van der Waals surface area contributed by atoms with E-state index in [1.54, 1.807) is 0 Å². The summed E-state index contributed by atoms with van der Waals surface area (Å²) in [4.78, 5) is 0. The zero-order valence-electron chi connectivity index (χ0n) is 33.5. The summed E-state index contributed by atoms with van der Waals surface area (Å²) in [6, 6.07) is 30.8. The van der Waals surface area contributed by atoms with Crippen LogP contribution in [0, 0.1) is 0 Å². The molecule has 0 saturated heterocycles. The number of aryl methyl sites for hydroxylation is 1. The van der Waals surface area contributed by atoms with Gasteiger partial charge in [-0.05, 0) is 70.7 Å². The van der Waals surface area contributed by atoms with Gasteiger partial charge in [0.25, 0.3) is 0 Å². The normalized spacial score (nSPS) is 12.9. The standard InChI is InChI=1S/C46H64N2Si2/c1-14-15-16-17-20-32-23-24-41-42(25-32)44(47-35-27-33(45(2,3)4)26-34(28-35)46(5,6)7)40-22-19-18-21-39(40)43(41)48-36-29-37(49(8,9)10)31-38(30-36)50(11,12)13/h18-19,21-31,47-48H,14-17,20H2,1-13H3. The molecule has 0 heterocycles. The van der Waals surface area contributed by atoms with E-state index < -0.39 is 16.1 Å². The first-order chi connectivity index (χ1) is 23.3. The van der Waals surface area contributed by atoms with Crippen LogP contribution in [-0.2, 0) is 17.3 Å². The van der Waals surface area contributed by atoms with Crippen molar-refractivity contribution in [1.82, 2.24) is 0 Å². The number of hydrogen-bond donors (Lipinski definition) is 2. The molecule has 0 aromatic heterocycles. The molecule has 0 unspecified atom stereocenters. The molecule has 0 atom stereocenters. The van der Waals surface area contributed by atoms with Crippen LogP contribution in [0.3, 0.4) is 0 Å². The SMILES string of the molecule is CCCCCCc1ccc2c(Nc3cc([Si](C)(C)C)cc([Si](C)(C)C)c3)c3ccccc3c(Nc3cc(C(C)(C)C)cc(C(C)(C)C)c3)c2c1. The minimum absolute atomic E-state index is 0.0421. The molecule has 5 aromatic rings. The predicted molar refractivity (Wildman–Crippen MR) is 232 cm³/mol. The Bertz CT molecular complexity index is 1910. The molecule has 0 aliphatic carbocycles. The molecule has 5 aromatic carbocycles. The lowest BCUT2D eigenvalue weighted by molar-refractivity contribution is 0.569. The number of anilines is 4. The van der Waals surface area contributed by atoms with E-state index in [4.69, 9.17) is 0 Å². The van der Waals surface area contributed by atoms with Gasteiger partial charge in [-0.2, -0.15) is 0 Å². The molecule has 266 valence electrons. The average molecular weight is 701 g/mol. The van der Waals surface area contributed by atoms with Crippen LogP contribution in [-0.4, -0.2) is 16.1 Å². The molecule has 2 nitrogen and oxygen atoms in total. The van der Waals surface area contributed by atoms with Crippen LogP contribution in [0.4, 0.5) is 22.7 Å². The van der Waals surface area contributed by atoms with E-state index >= 15 is 0 Å². The Morgan fingerprint density at radius 3 is 1.46 bits per heavy atom. The van der Waals surface area contributed by atoms with Gasteiger partial charge in [0.15, 0.2) is 0 Å². The van der Waals surface area contributed by atoms with Gasteiger partial charge in [-0.3, -0.25) is 0 Å². The molecular weight excluding hydrogens is 637 g/mol. The Kier molecular flexibility index (Phi) is 10.9. The summed E-state index contributed by atoms with van der Waals surface area (Å²) < 4.78 is 0. The molecule has 0 aliphatic heterocycles. The van der Waals surface area contributed by atoms with Crippen LogP contribution in [0.25, 0.3) is 21.5 Å². The molecule has 0 amide bonds. The van der Waals surface area contributed by atoms with Crippen molar-refractivity contribution in [2.75, 3.05) is 10.6 Å². The van der Waals surface area contributed by atoms with Crippen LogP contribution in [0.1, 0.15) is 90.8 Å². The van der Waals surface area contributed by atoms with E-state index in [9.17, 15) is 0 Å². The van der Waals surface area contributed by atoms with E-state index in [0.29, 0.717) is 0 Å². The first kappa shape index (κ1) is 37.9. The minimum atomic E-state index is -1.54. The molecule has 0 fully saturated rings. The predicted octanol–water partition coefficient (Wildman–Crippen LogP) is 13.3. The summed E-state index contributed by atoms with van der Waals surface area (Å²) in [7, 11) is -3.08. The maximum absolute atomic E-state index is 4.06. The maximum atomic E-state index is 4.06. The van der Waals surface area contributed by atoms with Crippen molar-refractivity contribution < 1.29 is 0 Å². The van der Waals surface area contributed by atoms with Gasteiger partial charge in [0.1, 0.15) is 0 Å². The highest BCUT2D eigenvalue weighted by Gasteiger charge is 2.25. The lowest BCUT2D eigenvalue weighted by atomic mass is 9.80. The Balaban J connectivity index is 1.76. The highest BCUT2D eigenvalue weighted by Crippen LogP contribution is 2.43. The fraction of sp³-hybridized carbons (Fsp3) is 0.435. The second kappa shape index (κ2) is 14.3. The molecule has 4 heteroatoms. The van der Waals surface area contributed by atoms with Gasteiger partial charge in [0.2, 0.25) is 0 Å². The van der Waals surface area contributed by atoms with E-state index in [1.165, 1.54) is 91.4 Å². The van der Waals surface area contributed by atoms with E-state index in [0.717, 1.165) is 12.1 Å². The second-order valence-corrected chi connectivity index (χ2v) is 29.0. The third-order valence-corrected chi connectivity index (χ3v) is 14.3. The summed E-state index contributed by atoms with van der Waals surface area (Å²) in [6.45, 7) is 31.0. The summed E-state index contributed by atoms with van der Waals surface area (Å²) >= 11 is 0. The highest BCUT2D eigenvalue weighted by atomic mass is 28.3. The van der Waals surface area contributed by atoms with Crippen LogP contribution in [0.2, 0.25) is 39.3 Å². The van der Waals surface area contributed by atoms with Crippen molar-refractivity contribution in [3.8, 4) is 0 Å². The number of benzene rings is 5. The number of rotatable bonds is 11. The summed E-state index contributed by atoms with van der Waals surface area (Å²) in [5.41, 5.74) is 8.98. The molecule has 0 saturated carbocycles. The molecule has 2 N–H and O–H groups in total. The van der Waals surface area contributed by atoms with Gasteiger partial charge < -0.3 is 10.6 Å². The lowest BCUT2D eigenvalue weighted by Gasteiger charge is -2.27. The fourth-order valence-corrected chi connectivity index (χ4v) is 9.32. The van der Waals surface area contributed by atoms with Crippen molar-refractivity contribution in [2.45, 2.75) is 131 Å². The minimum Gasteiger partial charge on any atom is -0.355 e. The molecule has 0 bridgehead atoms. The van der Waals surface area contributed by atoms with E-state index in [-0.39, 0.29) is 10.8 Å². The second-order valence-electron chi connectivity index (χ2n) is 18.8. The molecule has 0 aliphatic rings. The first-order valence-electron chi connectivity index (χ1n) is 19.1. The van der Waals surface area contributed by atoms with Crippen molar-refractivity contribution in [3.05, 3.63) is 95.6 Å². The Labute approximate surface area is 306 Å². The fourth-order valence-electron chi connectivity index (χ4n) is 6.83. The topological polar surface area (TPSA) is 24.1 Å². The van der Waals surface area contributed by atoms with Crippen molar-refractivity contribution in [3.63, 3.8) is 0 Å². The molecule has 0 radical (unpaired) electrons. The zero-order valence-corrected chi connectivity index (χ0v) is 35.5. The Morgan fingerprint density at radius 1 is 0.500 bits per heavy atom. The number of nitrogens with one attached hydrogen (secondary N) is 2. The lowest BCUT2D eigenvalue weighted by Crippen LogP contribution is -2.45. The Hall–Kier alpha value is -3.35. The van der Waals surface area contributed by atoms with Gasteiger partial charge in [-0.15, -0.1) is 0 Å².